The van der Waals surface area contributed by atoms with Crippen LogP contribution in [0, 0.1) is 0 Å². The van der Waals surface area contributed by atoms with E-state index in [1.807, 2.05) is 36.4 Å². The largest absolute Gasteiger partial charge is 0.488 e. The van der Waals surface area contributed by atoms with Crippen molar-refractivity contribution in [1.82, 2.24) is 0 Å². The van der Waals surface area contributed by atoms with E-state index in [-0.39, 0.29) is 0 Å². The molecule has 0 saturated carbocycles. The molecule has 1 aromatic rings. The maximum atomic E-state index is 9.28. The third-order valence-electron chi connectivity index (χ3n) is 2.98. The van der Waals surface area contributed by atoms with Crippen molar-refractivity contribution in [2.75, 3.05) is 0 Å². The van der Waals surface area contributed by atoms with E-state index in [0.29, 0.717) is 11.9 Å². The maximum absolute atomic E-state index is 9.28. The van der Waals surface area contributed by atoms with Crippen LogP contribution in [-0.4, -0.2) is 17.2 Å². The van der Waals surface area contributed by atoms with Crippen LogP contribution in [0.4, 0.5) is 0 Å². The summed E-state index contributed by atoms with van der Waals surface area (Å²) in [7, 11) is -1.42. The maximum Gasteiger partial charge on any atom is 0.488 e. The van der Waals surface area contributed by atoms with Gasteiger partial charge in [0.2, 0.25) is 0 Å². The zero-order chi connectivity index (χ0) is 13.5. The Bertz CT molecular complexity index is 624. The van der Waals surface area contributed by atoms with Gasteiger partial charge in [0, 0.05) is 0 Å². The van der Waals surface area contributed by atoms with Crippen molar-refractivity contribution in [3.8, 4) is 0 Å². The lowest BCUT2D eigenvalue weighted by Gasteiger charge is -1.99. The molecule has 3 heteroatoms. The van der Waals surface area contributed by atoms with Gasteiger partial charge in [-0.25, -0.2) is 0 Å². The van der Waals surface area contributed by atoms with E-state index >= 15 is 0 Å². The van der Waals surface area contributed by atoms with Crippen molar-refractivity contribution in [1.29, 1.82) is 0 Å². The van der Waals surface area contributed by atoms with Crippen LogP contribution in [0.25, 0.3) is 12.2 Å². The summed E-state index contributed by atoms with van der Waals surface area (Å²) in [5, 5.41) is 20.9. The third-order valence-corrected chi connectivity index (χ3v) is 2.98. The van der Waals surface area contributed by atoms with Crippen molar-refractivity contribution < 1.29 is 10.0 Å². The van der Waals surface area contributed by atoms with Crippen LogP contribution in [0.2, 0.25) is 0 Å². The molecule has 2 nitrogen and oxygen atoms in total. The van der Waals surface area contributed by atoms with E-state index < -0.39 is 7.12 Å². The predicted molar refractivity (Wildman–Crippen MR) is 80.4 cm³/mol. The summed E-state index contributed by atoms with van der Waals surface area (Å²) in [6, 6.07) is 8.15. The highest BCUT2D eigenvalue weighted by molar-refractivity contribution is 6.51. The minimum absolute atomic E-state index is 0.534. The molecule has 2 rings (SSSR count). The van der Waals surface area contributed by atoms with Crippen LogP contribution in [0.5, 0.6) is 0 Å². The molecule has 1 aliphatic carbocycles. The first-order valence-electron chi connectivity index (χ1n) is 6.42. The number of allylic oxidation sites excluding steroid dienone is 6. The van der Waals surface area contributed by atoms with Crippen LogP contribution < -0.4 is 10.4 Å². The molecule has 0 atom stereocenters. The smallest absolute Gasteiger partial charge is 0.423 e. The summed E-state index contributed by atoms with van der Waals surface area (Å²) in [5.74, 6) is 0. The van der Waals surface area contributed by atoms with Crippen LogP contribution in [0.15, 0.2) is 60.1 Å². The molecule has 1 aromatic carbocycles. The molecule has 19 heavy (non-hydrogen) atoms. The van der Waals surface area contributed by atoms with Crippen molar-refractivity contribution in [2.45, 2.75) is 12.8 Å². The number of hydrogen-bond acceptors (Lipinski definition) is 2. The van der Waals surface area contributed by atoms with Gasteiger partial charge in [-0.3, -0.25) is 0 Å². The highest BCUT2D eigenvalue weighted by Gasteiger charge is 2.10. The van der Waals surface area contributed by atoms with Crippen molar-refractivity contribution in [3.05, 3.63) is 70.6 Å². The molecule has 0 aliphatic heterocycles. The quantitative estimate of drug-likeness (QED) is 0.734. The normalized spacial score (nSPS) is 24.8. The van der Waals surface area contributed by atoms with Crippen molar-refractivity contribution in [2.24, 2.45) is 0 Å². The zero-order valence-electron chi connectivity index (χ0n) is 10.7. The second kappa shape index (κ2) is 6.93. The molecule has 2 N–H and O–H groups in total. The van der Waals surface area contributed by atoms with Crippen molar-refractivity contribution >= 4 is 19.3 Å². The van der Waals surface area contributed by atoms with Gasteiger partial charge < -0.3 is 10.0 Å². The summed E-state index contributed by atoms with van der Waals surface area (Å²) in [5.41, 5.74) is 0.534. The first-order valence-corrected chi connectivity index (χ1v) is 6.42. The lowest BCUT2D eigenvalue weighted by molar-refractivity contribution is 0.420. The molecule has 0 unspecified atom stereocenters. The van der Waals surface area contributed by atoms with Crippen LogP contribution in [-0.2, 0) is 0 Å². The van der Waals surface area contributed by atoms with Gasteiger partial charge in [-0.05, 0) is 28.8 Å². The summed E-state index contributed by atoms with van der Waals surface area (Å²) in [4.78, 5) is 0. The fraction of sp³-hybridized carbons (Fsp3) is 0.125. The van der Waals surface area contributed by atoms with Gasteiger partial charge >= 0.3 is 7.12 Å². The molecule has 0 fully saturated rings. The number of rotatable bonds is 1. The monoisotopic (exact) mass is 252 g/mol. The van der Waals surface area contributed by atoms with E-state index in [1.54, 1.807) is 6.08 Å². The molecular formula is C16H17BO2. The molecule has 0 amide bonds. The van der Waals surface area contributed by atoms with E-state index in [0.717, 1.165) is 11.6 Å². The summed E-state index contributed by atoms with van der Waals surface area (Å²) in [6.45, 7) is 0. The van der Waals surface area contributed by atoms with Crippen LogP contribution in [0.1, 0.15) is 12.8 Å². The minimum Gasteiger partial charge on any atom is -0.423 e. The highest BCUT2D eigenvalue weighted by Crippen LogP contribution is 2.03. The molecule has 0 radical (unpaired) electrons. The third kappa shape index (κ3) is 4.09. The Hall–Kier alpha value is -1.84. The Morgan fingerprint density at radius 2 is 1.68 bits per heavy atom. The average Bonchev–Trinajstić information content (AvgIpc) is 2.39. The Morgan fingerprint density at radius 3 is 2.47 bits per heavy atom. The van der Waals surface area contributed by atoms with E-state index in [1.165, 1.54) is 5.22 Å². The fourth-order valence-corrected chi connectivity index (χ4v) is 1.96. The number of hydrogen-bond donors (Lipinski definition) is 2. The summed E-state index contributed by atoms with van der Waals surface area (Å²) < 4.78 is 0. The van der Waals surface area contributed by atoms with Crippen LogP contribution in [0.3, 0.4) is 0 Å². The standard InChI is InChI=1S/C16H17BO2/c18-17(19)16-12-4-2-1-3-8-14-9-5-6-10-15(14)11-7-13-16/h1,3-6,8-13,18-19H,2,7H2/b3-1+,12-4-,14-8-,15-11-,16-13+. The minimum atomic E-state index is -1.42. The SMILES string of the molecule is OB(O)C1=C/C/C=c2/cccc/c2=C/C=C/C/C=C\1. The van der Waals surface area contributed by atoms with Gasteiger partial charge in [0.05, 0.1) is 0 Å². The molecule has 96 valence electrons. The first-order chi connectivity index (χ1) is 9.27. The molecule has 0 heterocycles. The summed E-state index contributed by atoms with van der Waals surface area (Å²) >= 11 is 0. The molecule has 1 aliphatic rings. The van der Waals surface area contributed by atoms with Gasteiger partial charge in [0.1, 0.15) is 0 Å². The Labute approximate surface area is 113 Å². The lowest BCUT2D eigenvalue weighted by atomic mass is 9.78. The van der Waals surface area contributed by atoms with E-state index in [2.05, 4.69) is 24.3 Å². The molecule has 0 spiro atoms. The second-order valence-electron chi connectivity index (χ2n) is 4.38. The number of benzene rings is 1. The molecular weight excluding hydrogens is 235 g/mol. The highest BCUT2D eigenvalue weighted by atomic mass is 16.4. The Balaban J connectivity index is 2.45. The first kappa shape index (κ1) is 13.6. The van der Waals surface area contributed by atoms with E-state index in [4.69, 9.17) is 0 Å². The number of fused-ring (bicyclic) bond motifs is 1. The molecule has 0 bridgehead atoms. The van der Waals surface area contributed by atoms with Gasteiger partial charge in [-0.2, -0.15) is 0 Å². The van der Waals surface area contributed by atoms with Gasteiger partial charge in [0.15, 0.2) is 0 Å². The zero-order valence-corrected chi connectivity index (χ0v) is 10.7. The van der Waals surface area contributed by atoms with Gasteiger partial charge in [-0.15, -0.1) is 0 Å². The Kier molecular flexibility index (Phi) is 4.96. The van der Waals surface area contributed by atoms with Gasteiger partial charge in [-0.1, -0.05) is 66.8 Å². The lowest BCUT2D eigenvalue weighted by Crippen LogP contribution is -2.23. The molecule has 0 aromatic heterocycles. The van der Waals surface area contributed by atoms with E-state index in [9.17, 15) is 10.0 Å². The Morgan fingerprint density at radius 1 is 0.895 bits per heavy atom. The van der Waals surface area contributed by atoms with Crippen LogP contribution >= 0.6 is 0 Å². The predicted octanol–water partition coefficient (Wildman–Crippen LogP) is 1.09. The van der Waals surface area contributed by atoms with Gasteiger partial charge in [0.25, 0.3) is 0 Å². The average molecular weight is 252 g/mol. The molecule has 0 saturated heterocycles. The van der Waals surface area contributed by atoms with Crippen molar-refractivity contribution in [3.63, 3.8) is 0 Å². The topological polar surface area (TPSA) is 40.5 Å². The second-order valence-corrected chi connectivity index (χ2v) is 4.38. The fourth-order valence-electron chi connectivity index (χ4n) is 1.96. The summed E-state index contributed by atoms with van der Waals surface area (Å²) in [6.07, 6.45) is 15.2.